The van der Waals surface area contributed by atoms with Crippen LogP contribution in [-0.4, -0.2) is 23.5 Å². The molecule has 0 amide bonds. The van der Waals surface area contributed by atoms with E-state index in [2.05, 4.69) is 19.4 Å². The van der Waals surface area contributed by atoms with Gasteiger partial charge in [-0.1, -0.05) is 5.16 Å². The van der Waals surface area contributed by atoms with E-state index in [1.807, 2.05) is 0 Å². The van der Waals surface area contributed by atoms with Crippen LogP contribution in [0.4, 0.5) is 11.4 Å². The topological polar surface area (TPSA) is 154 Å². The predicted molar refractivity (Wildman–Crippen MR) is 65.8 cm³/mol. The second-order valence-electron chi connectivity index (χ2n) is 3.65. The number of hydrogen-bond donors (Lipinski definition) is 2. The second-order valence-corrected chi connectivity index (χ2v) is 5.39. The third-order valence-corrected chi connectivity index (χ3v) is 3.78. The van der Waals surface area contributed by atoms with E-state index >= 15 is 0 Å². The highest BCUT2D eigenvalue weighted by molar-refractivity contribution is 7.89. The molecule has 0 spiro atoms. The number of nitro groups is 1. The van der Waals surface area contributed by atoms with E-state index < -0.39 is 14.9 Å². The first-order chi connectivity index (χ1) is 9.40. The monoisotopic (exact) mass is 299 g/mol. The molecule has 0 saturated heterocycles. The highest BCUT2D eigenvalue weighted by Gasteiger charge is 2.21. The quantitative estimate of drug-likeness (QED) is 0.445. The lowest BCUT2D eigenvalue weighted by Gasteiger charge is -2.07. The van der Waals surface area contributed by atoms with E-state index in [9.17, 15) is 18.5 Å². The maximum atomic E-state index is 12.0. The number of nitrogen functional groups attached to an aromatic ring is 1. The Morgan fingerprint density at radius 2 is 2.20 bits per heavy atom. The lowest BCUT2D eigenvalue weighted by atomic mass is 10.3. The van der Waals surface area contributed by atoms with Crippen LogP contribution in [0.15, 0.2) is 34.0 Å². The maximum Gasteiger partial charge on any atom is 0.270 e. The summed E-state index contributed by atoms with van der Waals surface area (Å²) in [6.07, 6.45) is 1.05. The van der Waals surface area contributed by atoms with Gasteiger partial charge in [0.05, 0.1) is 17.2 Å². The molecule has 0 aliphatic heterocycles. The molecule has 11 heteroatoms. The van der Waals surface area contributed by atoms with Crippen molar-refractivity contribution in [3.63, 3.8) is 0 Å². The number of sulfonamides is 1. The van der Waals surface area contributed by atoms with Crippen LogP contribution in [0.1, 0.15) is 5.82 Å². The molecule has 0 radical (unpaired) electrons. The van der Waals surface area contributed by atoms with Crippen molar-refractivity contribution >= 4 is 21.4 Å². The third kappa shape index (κ3) is 2.89. The molecule has 2 aromatic rings. The fraction of sp³-hybridized carbons (Fsp3) is 0.111. The lowest BCUT2D eigenvalue weighted by molar-refractivity contribution is -0.385. The first kappa shape index (κ1) is 13.9. The van der Waals surface area contributed by atoms with E-state index in [4.69, 9.17) is 5.73 Å². The van der Waals surface area contributed by atoms with Crippen LogP contribution in [0, 0.1) is 10.1 Å². The Kier molecular flexibility index (Phi) is 3.63. The van der Waals surface area contributed by atoms with Crippen molar-refractivity contribution in [1.82, 2.24) is 14.9 Å². The molecule has 0 fully saturated rings. The van der Waals surface area contributed by atoms with Gasteiger partial charge in [-0.2, -0.15) is 4.98 Å². The number of anilines is 1. The Hall–Kier alpha value is -2.53. The number of aromatic nitrogens is 2. The van der Waals surface area contributed by atoms with Gasteiger partial charge in [0, 0.05) is 12.1 Å². The average molecular weight is 299 g/mol. The van der Waals surface area contributed by atoms with Crippen LogP contribution < -0.4 is 10.5 Å². The van der Waals surface area contributed by atoms with Crippen molar-refractivity contribution in [2.24, 2.45) is 0 Å². The summed E-state index contributed by atoms with van der Waals surface area (Å²) in [4.78, 5) is 13.2. The van der Waals surface area contributed by atoms with Crippen LogP contribution in [0.3, 0.4) is 0 Å². The Labute approximate surface area is 112 Å². The van der Waals surface area contributed by atoms with Gasteiger partial charge < -0.3 is 10.3 Å². The van der Waals surface area contributed by atoms with Crippen molar-refractivity contribution in [2.75, 3.05) is 5.73 Å². The molecule has 0 atom stereocenters. The lowest BCUT2D eigenvalue weighted by Crippen LogP contribution is -2.24. The van der Waals surface area contributed by atoms with Gasteiger partial charge in [0.2, 0.25) is 16.4 Å². The van der Waals surface area contributed by atoms with Crippen LogP contribution in [0.25, 0.3) is 0 Å². The van der Waals surface area contributed by atoms with E-state index in [0.717, 1.165) is 24.6 Å². The number of benzene rings is 1. The van der Waals surface area contributed by atoms with Crippen molar-refractivity contribution in [1.29, 1.82) is 0 Å². The molecule has 1 aromatic heterocycles. The highest BCUT2D eigenvalue weighted by Crippen LogP contribution is 2.23. The average Bonchev–Trinajstić information content (AvgIpc) is 2.89. The summed E-state index contributed by atoms with van der Waals surface area (Å²) in [6, 6.07) is 3.16. The van der Waals surface area contributed by atoms with Gasteiger partial charge in [-0.25, -0.2) is 13.1 Å². The smallest absolute Gasteiger partial charge is 0.270 e. The Bertz CT molecular complexity index is 727. The van der Waals surface area contributed by atoms with Gasteiger partial charge in [-0.15, -0.1) is 0 Å². The number of hydrogen-bond acceptors (Lipinski definition) is 8. The fourth-order valence-electron chi connectivity index (χ4n) is 1.38. The van der Waals surface area contributed by atoms with E-state index in [0.29, 0.717) is 0 Å². The van der Waals surface area contributed by atoms with Crippen LogP contribution in [0.5, 0.6) is 0 Å². The maximum absolute atomic E-state index is 12.0. The van der Waals surface area contributed by atoms with Gasteiger partial charge in [0.25, 0.3) is 5.69 Å². The van der Waals surface area contributed by atoms with Crippen LogP contribution in [0.2, 0.25) is 0 Å². The molecule has 1 heterocycles. The molecule has 0 saturated carbocycles. The number of nitrogens with one attached hydrogen (secondary N) is 1. The Morgan fingerprint density at radius 3 is 2.80 bits per heavy atom. The van der Waals surface area contributed by atoms with Gasteiger partial charge in [0.1, 0.15) is 4.90 Å². The van der Waals surface area contributed by atoms with Crippen molar-refractivity contribution in [3.8, 4) is 0 Å². The Morgan fingerprint density at radius 1 is 1.45 bits per heavy atom. The van der Waals surface area contributed by atoms with Crippen molar-refractivity contribution in [2.45, 2.75) is 11.4 Å². The molecule has 10 nitrogen and oxygen atoms in total. The zero-order valence-electron chi connectivity index (χ0n) is 9.88. The molecule has 0 aliphatic rings. The predicted octanol–water partition coefficient (Wildman–Crippen LogP) is 0.0385. The molecule has 0 bridgehead atoms. The number of nitro benzene ring substituents is 1. The zero-order chi connectivity index (χ0) is 14.8. The summed E-state index contributed by atoms with van der Waals surface area (Å²) < 4.78 is 30.7. The molecule has 0 unspecified atom stereocenters. The van der Waals surface area contributed by atoms with Crippen molar-refractivity contribution < 1.29 is 17.9 Å². The molecule has 2 rings (SSSR count). The first-order valence-corrected chi connectivity index (χ1v) is 6.67. The van der Waals surface area contributed by atoms with E-state index in [-0.39, 0.29) is 28.6 Å². The highest BCUT2D eigenvalue weighted by atomic mass is 32.2. The van der Waals surface area contributed by atoms with Gasteiger partial charge in [-0.3, -0.25) is 10.1 Å². The zero-order valence-corrected chi connectivity index (χ0v) is 10.7. The minimum atomic E-state index is -4.02. The molecule has 0 aliphatic carbocycles. The molecule has 3 N–H and O–H groups in total. The van der Waals surface area contributed by atoms with Gasteiger partial charge in [-0.05, 0) is 6.07 Å². The number of non-ortho nitro benzene ring substituents is 1. The summed E-state index contributed by atoms with van der Waals surface area (Å²) in [5.74, 6) is 0.123. The minimum Gasteiger partial charge on any atom is -0.398 e. The summed E-state index contributed by atoms with van der Waals surface area (Å²) in [7, 11) is -4.02. The summed E-state index contributed by atoms with van der Waals surface area (Å²) in [5, 5.41) is 14.1. The fourth-order valence-corrected chi connectivity index (χ4v) is 2.51. The molecular formula is C9H9N5O5S. The first-order valence-electron chi connectivity index (χ1n) is 5.19. The largest absolute Gasteiger partial charge is 0.398 e. The molecular weight excluding hydrogens is 290 g/mol. The summed E-state index contributed by atoms with van der Waals surface area (Å²) in [5.41, 5.74) is 5.06. The van der Waals surface area contributed by atoms with Crippen LogP contribution >= 0.6 is 0 Å². The van der Waals surface area contributed by atoms with Crippen LogP contribution in [-0.2, 0) is 16.6 Å². The SMILES string of the molecule is Nc1ccc([N+](=O)[O-])cc1S(=O)(=O)NCc1ncon1. The van der Waals surface area contributed by atoms with Gasteiger partial charge >= 0.3 is 0 Å². The summed E-state index contributed by atoms with van der Waals surface area (Å²) >= 11 is 0. The van der Waals surface area contributed by atoms with Crippen molar-refractivity contribution in [3.05, 3.63) is 40.5 Å². The van der Waals surface area contributed by atoms with E-state index in [1.54, 1.807) is 0 Å². The number of nitrogens with two attached hydrogens (primary N) is 1. The number of rotatable bonds is 5. The third-order valence-electron chi connectivity index (χ3n) is 2.32. The van der Waals surface area contributed by atoms with E-state index in [1.165, 1.54) is 0 Å². The molecule has 20 heavy (non-hydrogen) atoms. The molecule has 106 valence electrons. The minimum absolute atomic E-state index is 0.101. The molecule has 1 aromatic carbocycles. The number of nitrogens with zero attached hydrogens (tertiary/aromatic N) is 3. The normalized spacial score (nSPS) is 11.4. The second kappa shape index (κ2) is 5.22. The van der Waals surface area contributed by atoms with Gasteiger partial charge in [0.15, 0.2) is 5.82 Å². The summed E-state index contributed by atoms with van der Waals surface area (Å²) in [6.45, 7) is -0.221. The Balaban J connectivity index is 2.28. The standard InChI is InChI=1S/C9H9N5O5S/c10-7-2-1-6(14(15)16)3-8(7)20(17,18)12-4-9-11-5-19-13-9/h1-3,5,12H,4,10H2.